The zero-order valence-corrected chi connectivity index (χ0v) is 10.8. The Labute approximate surface area is 118 Å². The molecule has 0 saturated heterocycles. The number of nitrogens with zero attached hydrogens (tertiary/aromatic N) is 3. The lowest BCUT2D eigenvalue weighted by Gasteiger charge is -2.04. The van der Waals surface area contributed by atoms with E-state index in [9.17, 15) is 10.3 Å². The summed E-state index contributed by atoms with van der Waals surface area (Å²) in [6, 6.07) is 10.6. The minimum Gasteiger partial charge on any atom is -0.594 e. The predicted octanol–water partition coefficient (Wildman–Crippen LogP) is 2.41. The van der Waals surface area contributed by atoms with E-state index < -0.39 is 0 Å². The largest absolute Gasteiger partial charge is 0.594 e. The van der Waals surface area contributed by atoms with Crippen molar-refractivity contribution >= 4 is 22.6 Å². The molecule has 0 fully saturated rings. The average molecular weight is 290 g/mol. The van der Waals surface area contributed by atoms with Crippen LogP contribution in [0.25, 0.3) is 11.0 Å². The van der Waals surface area contributed by atoms with Crippen molar-refractivity contribution in [2.45, 2.75) is 0 Å². The SMILES string of the molecule is [O-][n+]1nc(Oc2ccc(O)cc2)nc2ccc(Cl)cc21. The fraction of sp³-hybridized carbons (Fsp3) is 0. The summed E-state index contributed by atoms with van der Waals surface area (Å²) < 4.78 is 5.37. The first-order valence-corrected chi connectivity index (χ1v) is 6.04. The van der Waals surface area contributed by atoms with E-state index in [4.69, 9.17) is 16.3 Å². The highest BCUT2D eigenvalue weighted by molar-refractivity contribution is 6.31. The number of phenolic OH excluding ortho intramolecular Hbond substituents is 1. The molecule has 0 aliphatic rings. The molecule has 100 valence electrons. The lowest BCUT2D eigenvalue weighted by atomic mass is 10.3. The molecule has 1 N–H and O–H groups in total. The summed E-state index contributed by atoms with van der Waals surface area (Å²) in [5, 5.41) is 25.1. The molecule has 20 heavy (non-hydrogen) atoms. The number of ether oxygens (including phenoxy) is 1. The number of hydrogen-bond donors (Lipinski definition) is 1. The Balaban J connectivity index is 2.00. The minimum absolute atomic E-state index is 0.0829. The maximum absolute atomic E-state index is 11.8. The smallest absolute Gasteiger partial charge is 0.386 e. The molecular formula is C13H8ClN3O3. The van der Waals surface area contributed by atoms with E-state index in [1.54, 1.807) is 24.3 Å². The van der Waals surface area contributed by atoms with Crippen molar-refractivity contribution < 1.29 is 14.7 Å². The molecule has 0 amide bonds. The Hall–Kier alpha value is -2.60. The molecule has 0 radical (unpaired) electrons. The monoisotopic (exact) mass is 289 g/mol. The number of hydrogen-bond acceptors (Lipinski definition) is 5. The fourth-order valence-corrected chi connectivity index (χ4v) is 1.83. The van der Waals surface area contributed by atoms with Crippen molar-refractivity contribution in [3.05, 3.63) is 52.7 Å². The second kappa shape index (κ2) is 4.82. The summed E-state index contributed by atoms with van der Waals surface area (Å²) in [7, 11) is 0. The van der Waals surface area contributed by atoms with Crippen LogP contribution < -0.4 is 9.58 Å². The first-order chi connectivity index (χ1) is 9.61. The van der Waals surface area contributed by atoms with Crippen LogP contribution in [0.3, 0.4) is 0 Å². The first-order valence-electron chi connectivity index (χ1n) is 5.66. The van der Waals surface area contributed by atoms with E-state index in [1.807, 2.05) is 0 Å². The highest BCUT2D eigenvalue weighted by atomic mass is 35.5. The van der Waals surface area contributed by atoms with Gasteiger partial charge < -0.3 is 15.1 Å². The molecule has 1 heterocycles. The summed E-state index contributed by atoms with van der Waals surface area (Å²) in [5.74, 6) is 0.529. The van der Waals surface area contributed by atoms with Gasteiger partial charge in [0.1, 0.15) is 17.0 Å². The Bertz CT molecular complexity index is 778. The maximum atomic E-state index is 11.8. The van der Waals surface area contributed by atoms with Gasteiger partial charge in [0, 0.05) is 11.1 Å². The molecule has 0 spiro atoms. The molecule has 0 atom stereocenters. The Morgan fingerprint density at radius 1 is 1.15 bits per heavy atom. The van der Waals surface area contributed by atoms with Crippen LogP contribution in [0.1, 0.15) is 0 Å². The van der Waals surface area contributed by atoms with Gasteiger partial charge in [-0.15, -0.1) is 0 Å². The van der Waals surface area contributed by atoms with Gasteiger partial charge >= 0.3 is 6.01 Å². The predicted molar refractivity (Wildman–Crippen MR) is 71.7 cm³/mol. The molecule has 6 nitrogen and oxygen atoms in total. The lowest BCUT2D eigenvalue weighted by Crippen LogP contribution is -2.32. The summed E-state index contributed by atoms with van der Waals surface area (Å²) in [6.07, 6.45) is 0. The minimum atomic E-state index is -0.0829. The number of benzene rings is 2. The van der Waals surface area contributed by atoms with Gasteiger partial charge in [-0.25, -0.2) is 0 Å². The van der Waals surface area contributed by atoms with Crippen LogP contribution in [0.5, 0.6) is 17.5 Å². The van der Waals surface area contributed by atoms with Crippen molar-refractivity contribution in [1.29, 1.82) is 0 Å². The molecule has 0 aliphatic heterocycles. The fourth-order valence-electron chi connectivity index (χ4n) is 1.66. The van der Waals surface area contributed by atoms with E-state index in [2.05, 4.69) is 10.1 Å². The molecule has 3 rings (SSSR count). The highest BCUT2D eigenvalue weighted by Gasteiger charge is 2.13. The van der Waals surface area contributed by atoms with Crippen LogP contribution >= 0.6 is 11.6 Å². The van der Waals surface area contributed by atoms with Crippen molar-refractivity contribution in [3.63, 3.8) is 0 Å². The molecule has 0 bridgehead atoms. The van der Waals surface area contributed by atoms with Crippen LogP contribution in [-0.2, 0) is 0 Å². The zero-order chi connectivity index (χ0) is 14.1. The standard InChI is InChI=1S/C13H8ClN3O3/c14-8-1-6-11-12(7-8)17(19)16-13(15-11)20-10-4-2-9(18)3-5-10/h1-7,18H. The molecule has 0 aliphatic carbocycles. The van der Waals surface area contributed by atoms with Gasteiger partial charge in [-0.05, 0) is 41.2 Å². The molecular weight excluding hydrogens is 282 g/mol. The number of aromatic nitrogens is 3. The van der Waals surface area contributed by atoms with E-state index >= 15 is 0 Å². The number of aromatic hydroxyl groups is 1. The van der Waals surface area contributed by atoms with Crippen molar-refractivity contribution in [2.24, 2.45) is 0 Å². The van der Waals surface area contributed by atoms with Gasteiger partial charge in [-0.1, -0.05) is 11.6 Å². The summed E-state index contributed by atoms with van der Waals surface area (Å²) in [6.45, 7) is 0. The van der Waals surface area contributed by atoms with Gasteiger partial charge in [0.15, 0.2) is 0 Å². The number of fused-ring (bicyclic) bond motifs is 1. The van der Waals surface area contributed by atoms with Gasteiger partial charge in [0.2, 0.25) is 0 Å². The van der Waals surface area contributed by atoms with Crippen molar-refractivity contribution in [2.75, 3.05) is 0 Å². The first kappa shape index (κ1) is 12.4. The van der Waals surface area contributed by atoms with Crippen LogP contribution in [0, 0.1) is 5.21 Å². The van der Waals surface area contributed by atoms with Gasteiger partial charge in [-0.2, -0.15) is 4.98 Å². The molecule has 0 unspecified atom stereocenters. The van der Waals surface area contributed by atoms with E-state index in [0.29, 0.717) is 21.1 Å². The molecule has 0 saturated carbocycles. The van der Waals surface area contributed by atoms with Crippen LogP contribution in [-0.4, -0.2) is 15.2 Å². The molecule has 7 heteroatoms. The quantitative estimate of drug-likeness (QED) is 0.579. The normalized spacial score (nSPS) is 10.7. The van der Waals surface area contributed by atoms with E-state index in [-0.39, 0.29) is 17.3 Å². The third-order valence-electron chi connectivity index (χ3n) is 2.58. The highest BCUT2D eigenvalue weighted by Crippen LogP contribution is 2.21. The van der Waals surface area contributed by atoms with E-state index in [0.717, 1.165) is 0 Å². The maximum Gasteiger partial charge on any atom is 0.386 e. The summed E-state index contributed by atoms with van der Waals surface area (Å²) in [4.78, 5) is 4.53. The Kier molecular flexibility index (Phi) is 3.00. The third-order valence-corrected chi connectivity index (χ3v) is 2.82. The third kappa shape index (κ3) is 2.41. The van der Waals surface area contributed by atoms with Gasteiger partial charge in [-0.3, -0.25) is 0 Å². The van der Waals surface area contributed by atoms with Crippen LogP contribution in [0.2, 0.25) is 5.02 Å². The lowest BCUT2D eigenvalue weighted by molar-refractivity contribution is -0.643. The Morgan fingerprint density at radius 2 is 1.90 bits per heavy atom. The van der Waals surface area contributed by atoms with Crippen molar-refractivity contribution in [3.8, 4) is 17.5 Å². The molecule has 2 aromatic carbocycles. The van der Waals surface area contributed by atoms with E-state index in [1.165, 1.54) is 18.2 Å². The number of rotatable bonds is 2. The van der Waals surface area contributed by atoms with Crippen molar-refractivity contribution in [1.82, 2.24) is 10.1 Å². The summed E-state index contributed by atoms with van der Waals surface area (Å²) >= 11 is 5.81. The summed E-state index contributed by atoms with van der Waals surface area (Å²) in [5.41, 5.74) is 0.684. The Morgan fingerprint density at radius 3 is 2.65 bits per heavy atom. The second-order valence-electron chi connectivity index (χ2n) is 4.00. The molecule has 3 aromatic rings. The zero-order valence-electron chi connectivity index (χ0n) is 10.0. The molecule has 1 aromatic heterocycles. The van der Waals surface area contributed by atoms with Crippen LogP contribution in [0.4, 0.5) is 0 Å². The average Bonchev–Trinajstić information content (AvgIpc) is 2.42. The second-order valence-corrected chi connectivity index (χ2v) is 4.43. The number of phenols is 1. The topological polar surface area (TPSA) is 82.2 Å². The van der Waals surface area contributed by atoms with Crippen LogP contribution in [0.15, 0.2) is 42.5 Å². The van der Waals surface area contributed by atoms with Gasteiger partial charge in [0.05, 0.1) is 5.10 Å². The van der Waals surface area contributed by atoms with Gasteiger partial charge in [0.25, 0.3) is 5.52 Å². The number of halogens is 1.